The van der Waals surface area contributed by atoms with Crippen LogP contribution in [0.2, 0.25) is 0 Å². The number of carbonyl (C=O) groups excluding carboxylic acids is 2. The standard InChI is InChI=1S/C12H16N4.C5H7NO2/c1-13-12-9-6-4-5-7-10(9)14-11(15-12)8-16(2)3;7-3-4-1-2-5(8)6-4/h4-7H,8H2,1-3H3,(H,13,14,15);3-4H,1-2H2,(H,6,8). The second kappa shape index (κ2) is 8.35. The summed E-state index contributed by atoms with van der Waals surface area (Å²) in [6.45, 7) is 0.750. The Labute approximate surface area is 141 Å². The van der Waals surface area contributed by atoms with Crippen molar-refractivity contribution in [1.29, 1.82) is 0 Å². The van der Waals surface area contributed by atoms with Gasteiger partial charge in [0.2, 0.25) is 5.91 Å². The van der Waals surface area contributed by atoms with Crippen LogP contribution in [-0.2, 0) is 16.1 Å². The van der Waals surface area contributed by atoms with Crippen LogP contribution in [0.3, 0.4) is 0 Å². The van der Waals surface area contributed by atoms with Gasteiger partial charge in [-0.25, -0.2) is 9.97 Å². The predicted molar refractivity (Wildman–Crippen MR) is 93.7 cm³/mol. The number of hydrogen-bond donors (Lipinski definition) is 2. The number of aldehydes is 1. The Balaban J connectivity index is 0.000000219. The van der Waals surface area contributed by atoms with Gasteiger partial charge in [0.25, 0.3) is 0 Å². The number of anilines is 1. The molecule has 1 amide bonds. The SMILES string of the molecule is CNc1nc(CN(C)C)nc2ccccc12.O=CC1CCC(=O)N1. The summed E-state index contributed by atoms with van der Waals surface area (Å²) in [5.74, 6) is 1.72. The van der Waals surface area contributed by atoms with Gasteiger partial charge in [-0.3, -0.25) is 4.79 Å². The normalized spacial score (nSPS) is 16.5. The Hall–Kier alpha value is -2.54. The molecule has 1 aliphatic rings. The molecule has 1 atom stereocenters. The van der Waals surface area contributed by atoms with Gasteiger partial charge in [-0.05, 0) is 32.6 Å². The van der Waals surface area contributed by atoms with Gasteiger partial charge >= 0.3 is 0 Å². The van der Waals surface area contributed by atoms with Crippen molar-refractivity contribution < 1.29 is 9.59 Å². The number of hydrogen-bond acceptors (Lipinski definition) is 6. The summed E-state index contributed by atoms with van der Waals surface area (Å²) in [7, 11) is 5.91. The number of amides is 1. The predicted octanol–water partition coefficient (Wildman–Crippen LogP) is 1.20. The van der Waals surface area contributed by atoms with E-state index in [0.29, 0.717) is 12.8 Å². The highest BCUT2D eigenvalue weighted by atomic mass is 16.2. The van der Waals surface area contributed by atoms with Crippen molar-refractivity contribution in [2.24, 2.45) is 0 Å². The zero-order chi connectivity index (χ0) is 17.5. The van der Waals surface area contributed by atoms with Gasteiger partial charge in [0.15, 0.2) is 0 Å². The Morgan fingerprint density at radius 2 is 2.08 bits per heavy atom. The Kier molecular flexibility index (Phi) is 6.20. The molecule has 1 aliphatic heterocycles. The van der Waals surface area contributed by atoms with Gasteiger partial charge in [-0.15, -0.1) is 0 Å². The third-order valence-electron chi connectivity index (χ3n) is 3.54. The maximum absolute atomic E-state index is 10.3. The highest BCUT2D eigenvalue weighted by Gasteiger charge is 2.18. The third-order valence-corrected chi connectivity index (χ3v) is 3.54. The lowest BCUT2D eigenvalue weighted by atomic mass is 10.2. The summed E-state index contributed by atoms with van der Waals surface area (Å²) in [5, 5.41) is 6.67. The van der Waals surface area contributed by atoms with Gasteiger partial charge < -0.3 is 20.3 Å². The van der Waals surface area contributed by atoms with Crippen molar-refractivity contribution in [3.8, 4) is 0 Å². The van der Waals surface area contributed by atoms with Crippen LogP contribution in [0.4, 0.5) is 5.82 Å². The van der Waals surface area contributed by atoms with Gasteiger partial charge in [0.1, 0.15) is 17.9 Å². The molecule has 7 nitrogen and oxygen atoms in total. The molecule has 1 saturated heterocycles. The number of nitrogens with zero attached hydrogens (tertiary/aromatic N) is 3. The summed E-state index contributed by atoms with van der Waals surface area (Å²) in [4.78, 5) is 31.4. The zero-order valence-corrected chi connectivity index (χ0v) is 14.2. The first-order chi connectivity index (χ1) is 11.5. The van der Waals surface area contributed by atoms with Gasteiger partial charge in [-0.1, -0.05) is 12.1 Å². The molecule has 24 heavy (non-hydrogen) atoms. The number of nitrogens with one attached hydrogen (secondary N) is 2. The number of para-hydroxylation sites is 1. The van der Waals surface area contributed by atoms with E-state index in [4.69, 9.17) is 0 Å². The first-order valence-electron chi connectivity index (χ1n) is 7.86. The molecule has 0 bridgehead atoms. The fourth-order valence-electron chi connectivity index (χ4n) is 2.41. The highest BCUT2D eigenvalue weighted by molar-refractivity contribution is 5.88. The van der Waals surface area contributed by atoms with Crippen LogP contribution >= 0.6 is 0 Å². The molecule has 0 aliphatic carbocycles. The maximum Gasteiger partial charge on any atom is 0.220 e. The highest BCUT2D eigenvalue weighted by Crippen LogP contribution is 2.19. The van der Waals surface area contributed by atoms with Crippen LogP contribution in [0, 0.1) is 0 Å². The number of rotatable bonds is 4. The van der Waals surface area contributed by atoms with Crippen LogP contribution in [0.15, 0.2) is 24.3 Å². The van der Waals surface area contributed by atoms with E-state index < -0.39 is 0 Å². The fraction of sp³-hybridized carbons (Fsp3) is 0.412. The first kappa shape index (κ1) is 17.8. The number of fused-ring (bicyclic) bond motifs is 1. The molecular weight excluding hydrogens is 306 g/mol. The minimum absolute atomic E-state index is 0.0119. The van der Waals surface area contributed by atoms with E-state index in [0.717, 1.165) is 35.4 Å². The lowest BCUT2D eigenvalue weighted by Crippen LogP contribution is -2.25. The number of carbonyl (C=O) groups is 2. The molecule has 128 valence electrons. The minimum atomic E-state index is -0.206. The van der Waals surface area contributed by atoms with E-state index >= 15 is 0 Å². The summed E-state index contributed by atoms with van der Waals surface area (Å²) in [6, 6.07) is 7.83. The Bertz CT molecular complexity index is 717. The van der Waals surface area contributed by atoms with Crippen molar-refractivity contribution in [2.45, 2.75) is 25.4 Å². The molecule has 0 saturated carbocycles. The van der Waals surface area contributed by atoms with Gasteiger partial charge in [0.05, 0.1) is 18.1 Å². The molecule has 7 heteroatoms. The number of aromatic nitrogens is 2. The Morgan fingerprint density at radius 1 is 1.33 bits per heavy atom. The van der Waals surface area contributed by atoms with E-state index in [2.05, 4.69) is 25.5 Å². The average Bonchev–Trinajstić information content (AvgIpc) is 2.99. The second-order valence-corrected chi connectivity index (χ2v) is 5.84. The summed E-state index contributed by atoms with van der Waals surface area (Å²) >= 11 is 0. The topological polar surface area (TPSA) is 87.2 Å². The van der Waals surface area contributed by atoms with E-state index in [9.17, 15) is 9.59 Å². The maximum atomic E-state index is 10.3. The second-order valence-electron chi connectivity index (χ2n) is 5.84. The molecular formula is C17H23N5O2. The first-order valence-corrected chi connectivity index (χ1v) is 7.86. The lowest BCUT2D eigenvalue weighted by Gasteiger charge is -2.11. The summed E-state index contributed by atoms with van der Waals surface area (Å²) in [5.41, 5.74) is 0.985. The largest absolute Gasteiger partial charge is 0.373 e. The van der Waals surface area contributed by atoms with Crippen molar-refractivity contribution in [1.82, 2.24) is 20.2 Å². The zero-order valence-electron chi connectivity index (χ0n) is 14.2. The van der Waals surface area contributed by atoms with Gasteiger partial charge in [-0.2, -0.15) is 0 Å². The summed E-state index contributed by atoms with van der Waals surface area (Å²) < 4.78 is 0. The van der Waals surface area contributed by atoms with Crippen LogP contribution in [0.5, 0.6) is 0 Å². The van der Waals surface area contributed by atoms with Crippen molar-refractivity contribution >= 4 is 28.9 Å². The van der Waals surface area contributed by atoms with Crippen molar-refractivity contribution in [3.63, 3.8) is 0 Å². The van der Waals surface area contributed by atoms with Crippen LogP contribution in [-0.4, -0.2) is 54.2 Å². The van der Waals surface area contributed by atoms with Crippen LogP contribution < -0.4 is 10.6 Å². The average molecular weight is 329 g/mol. The van der Waals surface area contributed by atoms with Crippen LogP contribution in [0.25, 0.3) is 10.9 Å². The smallest absolute Gasteiger partial charge is 0.220 e. The quantitative estimate of drug-likeness (QED) is 0.820. The van der Waals surface area contributed by atoms with E-state index in [-0.39, 0.29) is 11.9 Å². The van der Waals surface area contributed by atoms with E-state index in [1.807, 2.05) is 45.4 Å². The van der Waals surface area contributed by atoms with Crippen molar-refractivity contribution in [3.05, 3.63) is 30.1 Å². The van der Waals surface area contributed by atoms with E-state index in [1.54, 1.807) is 0 Å². The fourth-order valence-corrected chi connectivity index (χ4v) is 2.41. The molecule has 2 heterocycles. The number of benzene rings is 1. The molecule has 0 radical (unpaired) electrons. The lowest BCUT2D eigenvalue weighted by molar-refractivity contribution is -0.120. The molecule has 3 rings (SSSR count). The monoisotopic (exact) mass is 329 g/mol. The third kappa shape index (κ3) is 4.73. The minimum Gasteiger partial charge on any atom is -0.373 e. The molecule has 0 spiro atoms. The Morgan fingerprint density at radius 3 is 2.62 bits per heavy atom. The molecule has 1 aromatic carbocycles. The van der Waals surface area contributed by atoms with E-state index in [1.165, 1.54) is 0 Å². The summed E-state index contributed by atoms with van der Waals surface area (Å²) in [6.07, 6.45) is 1.94. The van der Waals surface area contributed by atoms with Crippen LogP contribution in [0.1, 0.15) is 18.7 Å². The molecule has 1 fully saturated rings. The van der Waals surface area contributed by atoms with Gasteiger partial charge in [0, 0.05) is 18.9 Å². The molecule has 2 aromatic rings. The molecule has 2 N–H and O–H groups in total. The van der Waals surface area contributed by atoms with Crippen molar-refractivity contribution in [2.75, 3.05) is 26.5 Å². The molecule has 1 aromatic heterocycles. The molecule has 1 unspecified atom stereocenters.